The van der Waals surface area contributed by atoms with Gasteiger partial charge in [-0.1, -0.05) is 0 Å². The number of sulfone groups is 1. The van der Waals surface area contributed by atoms with Crippen LogP contribution in [0.3, 0.4) is 0 Å². The summed E-state index contributed by atoms with van der Waals surface area (Å²) in [6, 6.07) is 1.22. The van der Waals surface area contributed by atoms with E-state index in [4.69, 9.17) is 5.73 Å². The van der Waals surface area contributed by atoms with Gasteiger partial charge in [-0.25, -0.2) is 8.42 Å². The molecule has 0 aliphatic heterocycles. The number of nitrogens with zero attached hydrogens (tertiary/aromatic N) is 2. The van der Waals surface area contributed by atoms with Crippen LogP contribution in [0.5, 0.6) is 0 Å². The van der Waals surface area contributed by atoms with E-state index in [2.05, 4.69) is 10.4 Å². The van der Waals surface area contributed by atoms with Crippen molar-refractivity contribution in [1.29, 1.82) is 0 Å². The molecule has 0 aliphatic rings. The number of nitrogens with two attached hydrogens (primary N) is 1. The fraction of sp³-hybridized carbons (Fsp3) is 0.692. The number of aryl methyl sites for hydroxylation is 3. The lowest BCUT2D eigenvalue weighted by molar-refractivity contribution is -0.122. The van der Waals surface area contributed by atoms with Gasteiger partial charge in [0.2, 0.25) is 5.91 Å². The van der Waals surface area contributed by atoms with Crippen LogP contribution in [0.15, 0.2) is 6.07 Å². The van der Waals surface area contributed by atoms with E-state index in [1.807, 2.05) is 24.6 Å². The van der Waals surface area contributed by atoms with Gasteiger partial charge in [0.05, 0.1) is 17.5 Å². The average molecular weight is 316 g/mol. The van der Waals surface area contributed by atoms with Crippen molar-refractivity contribution in [3.8, 4) is 0 Å². The van der Waals surface area contributed by atoms with E-state index in [1.54, 1.807) is 0 Å². The molecule has 0 aliphatic carbocycles. The number of rotatable bonds is 8. The third-order valence-corrected chi connectivity index (χ3v) is 4.06. The lowest BCUT2D eigenvalue weighted by atomic mass is 10.2. The van der Waals surface area contributed by atoms with Crippen molar-refractivity contribution < 1.29 is 13.2 Å². The molecule has 0 radical (unpaired) electrons. The predicted molar refractivity (Wildman–Crippen MR) is 81.6 cm³/mol. The van der Waals surface area contributed by atoms with Crippen molar-refractivity contribution in [2.75, 3.05) is 18.6 Å². The monoisotopic (exact) mass is 316 g/mol. The Morgan fingerprint density at radius 3 is 2.67 bits per heavy atom. The first-order valence-electron chi connectivity index (χ1n) is 6.91. The van der Waals surface area contributed by atoms with Crippen molar-refractivity contribution >= 4 is 15.7 Å². The molecule has 3 N–H and O–H groups in total. The molecular formula is C13H24N4O3S. The van der Waals surface area contributed by atoms with Crippen LogP contribution in [0.4, 0.5) is 0 Å². The molecule has 1 aromatic heterocycles. The molecule has 0 spiro atoms. The van der Waals surface area contributed by atoms with Gasteiger partial charge in [-0.3, -0.25) is 9.48 Å². The molecule has 7 nitrogen and oxygen atoms in total. The number of nitrogens with one attached hydrogen (secondary N) is 1. The Bertz CT molecular complexity index is 580. The predicted octanol–water partition coefficient (Wildman–Crippen LogP) is -0.232. The molecule has 0 bridgehead atoms. The van der Waals surface area contributed by atoms with Crippen LogP contribution in [-0.4, -0.2) is 48.7 Å². The quantitative estimate of drug-likeness (QED) is 0.644. The van der Waals surface area contributed by atoms with Crippen molar-refractivity contribution in [3.63, 3.8) is 0 Å². The Labute approximate surface area is 125 Å². The van der Waals surface area contributed by atoms with Gasteiger partial charge in [0.25, 0.3) is 0 Å². The molecule has 21 heavy (non-hydrogen) atoms. The lowest BCUT2D eigenvalue weighted by Crippen LogP contribution is -2.42. The molecule has 1 atom stereocenters. The Balaban J connectivity index is 2.25. The smallest absolute Gasteiger partial charge is 0.236 e. The SMILES string of the molecule is Cc1cc(C)n(CCCNC(=O)C(N)CCS(C)(=O)=O)n1. The zero-order valence-corrected chi connectivity index (χ0v) is 13.6. The van der Waals surface area contributed by atoms with E-state index in [9.17, 15) is 13.2 Å². The van der Waals surface area contributed by atoms with Crippen LogP contribution < -0.4 is 11.1 Å². The fourth-order valence-electron chi connectivity index (χ4n) is 1.94. The molecule has 1 rings (SSSR count). The van der Waals surface area contributed by atoms with E-state index < -0.39 is 15.9 Å². The van der Waals surface area contributed by atoms with Crippen LogP contribution in [0.1, 0.15) is 24.2 Å². The summed E-state index contributed by atoms with van der Waals surface area (Å²) < 4.78 is 23.9. The van der Waals surface area contributed by atoms with Crippen LogP contribution >= 0.6 is 0 Å². The zero-order valence-electron chi connectivity index (χ0n) is 12.8. The number of hydrogen-bond donors (Lipinski definition) is 2. The normalized spacial score (nSPS) is 13.1. The van der Waals surface area contributed by atoms with Crippen molar-refractivity contribution in [1.82, 2.24) is 15.1 Å². The van der Waals surface area contributed by atoms with E-state index in [1.165, 1.54) is 0 Å². The van der Waals surface area contributed by atoms with Gasteiger partial charge in [-0.05, 0) is 32.8 Å². The molecule has 120 valence electrons. The van der Waals surface area contributed by atoms with Gasteiger partial charge >= 0.3 is 0 Å². The molecule has 0 fully saturated rings. The standard InChI is InChI=1S/C13H24N4O3S/c1-10-9-11(2)17(16-10)7-4-6-15-13(18)12(14)5-8-21(3,19)20/h9,12H,4-8,14H2,1-3H3,(H,15,18). The minimum Gasteiger partial charge on any atom is -0.355 e. The molecule has 0 saturated heterocycles. The molecule has 1 unspecified atom stereocenters. The summed E-state index contributed by atoms with van der Waals surface area (Å²) in [6.07, 6.45) is 2.01. The second-order valence-electron chi connectivity index (χ2n) is 5.32. The van der Waals surface area contributed by atoms with Crippen LogP contribution in [0.2, 0.25) is 0 Å². The minimum atomic E-state index is -3.09. The molecule has 1 heterocycles. The van der Waals surface area contributed by atoms with Gasteiger partial charge in [0.15, 0.2) is 0 Å². The summed E-state index contributed by atoms with van der Waals surface area (Å²) in [5.74, 6) is -0.389. The summed E-state index contributed by atoms with van der Waals surface area (Å²) in [5.41, 5.74) is 7.71. The lowest BCUT2D eigenvalue weighted by Gasteiger charge is -2.12. The number of amides is 1. The molecule has 1 amide bonds. The maximum Gasteiger partial charge on any atom is 0.236 e. The highest BCUT2D eigenvalue weighted by Crippen LogP contribution is 2.02. The third kappa shape index (κ3) is 6.72. The summed E-state index contributed by atoms with van der Waals surface area (Å²) in [6.45, 7) is 5.13. The third-order valence-electron chi connectivity index (χ3n) is 3.09. The molecule has 8 heteroatoms. The van der Waals surface area contributed by atoms with Crippen molar-refractivity contribution in [2.45, 2.75) is 39.3 Å². The number of aromatic nitrogens is 2. The first-order chi connectivity index (χ1) is 9.69. The summed E-state index contributed by atoms with van der Waals surface area (Å²) in [5, 5.41) is 7.05. The largest absolute Gasteiger partial charge is 0.355 e. The fourth-order valence-corrected chi connectivity index (χ4v) is 2.63. The Kier molecular flexibility index (Phi) is 6.35. The maximum absolute atomic E-state index is 11.7. The summed E-state index contributed by atoms with van der Waals surface area (Å²) in [4.78, 5) is 11.7. The van der Waals surface area contributed by atoms with Gasteiger partial charge in [0, 0.05) is 25.0 Å². The average Bonchev–Trinajstić information content (AvgIpc) is 2.69. The second-order valence-corrected chi connectivity index (χ2v) is 7.58. The highest BCUT2D eigenvalue weighted by Gasteiger charge is 2.15. The van der Waals surface area contributed by atoms with E-state index >= 15 is 0 Å². The van der Waals surface area contributed by atoms with Gasteiger partial charge in [-0.2, -0.15) is 5.10 Å². The van der Waals surface area contributed by atoms with Crippen LogP contribution in [0, 0.1) is 13.8 Å². The van der Waals surface area contributed by atoms with E-state index in [0.29, 0.717) is 6.54 Å². The van der Waals surface area contributed by atoms with Crippen molar-refractivity contribution in [3.05, 3.63) is 17.5 Å². The number of carbonyl (C=O) groups excluding carboxylic acids is 1. The number of hydrogen-bond acceptors (Lipinski definition) is 5. The van der Waals surface area contributed by atoms with Crippen molar-refractivity contribution in [2.24, 2.45) is 5.73 Å². The molecular weight excluding hydrogens is 292 g/mol. The van der Waals surface area contributed by atoms with Crippen LogP contribution in [-0.2, 0) is 21.2 Å². The van der Waals surface area contributed by atoms with Gasteiger partial charge in [-0.15, -0.1) is 0 Å². The first kappa shape index (κ1) is 17.6. The van der Waals surface area contributed by atoms with E-state index in [0.717, 1.165) is 30.6 Å². The Hall–Kier alpha value is -1.41. The second kappa shape index (κ2) is 7.56. The Morgan fingerprint density at radius 2 is 2.14 bits per heavy atom. The molecule has 1 aromatic rings. The van der Waals surface area contributed by atoms with Crippen LogP contribution in [0.25, 0.3) is 0 Å². The Morgan fingerprint density at radius 1 is 1.48 bits per heavy atom. The maximum atomic E-state index is 11.7. The first-order valence-corrected chi connectivity index (χ1v) is 8.97. The summed E-state index contributed by atoms with van der Waals surface area (Å²) in [7, 11) is -3.09. The highest BCUT2D eigenvalue weighted by atomic mass is 32.2. The number of carbonyl (C=O) groups is 1. The highest BCUT2D eigenvalue weighted by molar-refractivity contribution is 7.90. The van der Waals surface area contributed by atoms with Gasteiger partial charge < -0.3 is 11.1 Å². The zero-order chi connectivity index (χ0) is 16.0. The topological polar surface area (TPSA) is 107 Å². The molecule has 0 saturated carbocycles. The molecule has 0 aromatic carbocycles. The summed E-state index contributed by atoms with van der Waals surface area (Å²) >= 11 is 0. The minimum absolute atomic E-state index is 0.0760. The van der Waals surface area contributed by atoms with Gasteiger partial charge in [0.1, 0.15) is 9.84 Å². The van der Waals surface area contributed by atoms with E-state index in [-0.39, 0.29) is 18.1 Å².